The van der Waals surface area contributed by atoms with Gasteiger partial charge in [0.2, 0.25) is 11.4 Å². The molecular weight excluding hydrogens is 565 g/mol. The summed E-state index contributed by atoms with van der Waals surface area (Å²) in [6.45, 7) is 13.6. The molecule has 0 fully saturated rings. The van der Waals surface area contributed by atoms with E-state index in [1.165, 1.54) is 72.8 Å². The molecule has 192 valence electrons. The van der Waals surface area contributed by atoms with Crippen LogP contribution in [0.5, 0.6) is 0 Å². The van der Waals surface area contributed by atoms with E-state index in [2.05, 4.69) is 130 Å². The fourth-order valence-corrected chi connectivity index (χ4v) is 5.52. The fourth-order valence-electron chi connectivity index (χ4n) is 5.52. The van der Waals surface area contributed by atoms with Crippen LogP contribution in [-0.4, -0.2) is 18.5 Å². The van der Waals surface area contributed by atoms with Gasteiger partial charge in [-0.2, -0.15) is 4.57 Å². The van der Waals surface area contributed by atoms with Gasteiger partial charge in [0.15, 0.2) is 6.20 Å². The normalized spacial score (nSPS) is 14.2. The molecular formula is C33H38IN3. The van der Waals surface area contributed by atoms with Crippen molar-refractivity contribution in [3.63, 3.8) is 0 Å². The molecule has 0 saturated heterocycles. The highest BCUT2D eigenvalue weighted by atomic mass is 127. The van der Waals surface area contributed by atoms with Gasteiger partial charge in [0, 0.05) is 54.3 Å². The van der Waals surface area contributed by atoms with Gasteiger partial charge in [-0.3, -0.25) is 0 Å². The lowest BCUT2D eigenvalue weighted by Crippen LogP contribution is -3.00. The van der Waals surface area contributed by atoms with Crippen molar-refractivity contribution in [1.29, 1.82) is 0 Å². The van der Waals surface area contributed by atoms with E-state index < -0.39 is 0 Å². The molecule has 0 N–H and O–H groups in total. The number of benzene rings is 1. The molecule has 3 aromatic heterocycles. The number of nitrogens with zero attached hydrogens (tertiary/aromatic N) is 3. The van der Waals surface area contributed by atoms with E-state index in [0.717, 1.165) is 12.8 Å². The Balaban J connectivity index is 0.00000320. The summed E-state index contributed by atoms with van der Waals surface area (Å²) in [4.78, 5) is 2.16. The minimum atomic E-state index is 0. The third-order valence-electron chi connectivity index (χ3n) is 8.07. The number of hydrogen-bond acceptors (Lipinski definition) is 1. The topological polar surface area (TPSA) is 11.5 Å². The van der Waals surface area contributed by atoms with Crippen molar-refractivity contribution in [2.75, 3.05) is 19.0 Å². The molecule has 1 aromatic carbocycles. The van der Waals surface area contributed by atoms with Crippen LogP contribution in [0.25, 0.3) is 22.4 Å². The first-order chi connectivity index (χ1) is 17.3. The van der Waals surface area contributed by atoms with Crippen LogP contribution in [0.1, 0.15) is 66.9 Å². The third-order valence-corrected chi connectivity index (χ3v) is 8.07. The number of fused-ring (bicyclic) bond motifs is 2. The highest BCUT2D eigenvalue weighted by Crippen LogP contribution is 2.40. The molecule has 4 heterocycles. The molecule has 3 nitrogen and oxygen atoms in total. The van der Waals surface area contributed by atoms with Gasteiger partial charge in [-0.25, -0.2) is 0 Å². The van der Waals surface area contributed by atoms with Crippen molar-refractivity contribution in [3.8, 4) is 0 Å². The first-order valence-corrected chi connectivity index (χ1v) is 13.1. The lowest BCUT2D eigenvalue weighted by molar-refractivity contribution is -0.578. The van der Waals surface area contributed by atoms with Crippen LogP contribution in [-0.2, 0) is 12.8 Å². The predicted molar refractivity (Wildman–Crippen MR) is 154 cm³/mol. The third kappa shape index (κ3) is 4.43. The first-order valence-electron chi connectivity index (χ1n) is 13.1. The van der Waals surface area contributed by atoms with E-state index in [1.807, 2.05) is 0 Å². The number of pyridine rings is 2. The highest BCUT2D eigenvalue weighted by molar-refractivity contribution is 6.00. The van der Waals surface area contributed by atoms with Gasteiger partial charge in [-0.1, -0.05) is 32.0 Å². The Labute approximate surface area is 239 Å². The molecule has 0 saturated carbocycles. The monoisotopic (exact) mass is 603 g/mol. The maximum absolute atomic E-state index is 2.44. The molecule has 0 amide bonds. The molecule has 1 aliphatic heterocycles. The Morgan fingerprint density at radius 3 is 2.05 bits per heavy atom. The number of allylic oxidation sites excluding steroid dienone is 3. The summed E-state index contributed by atoms with van der Waals surface area (Å²) in [7, 11) is 4.20. The molecule has 0 bridgehead atoms. The number of anilines is 1. The second kappa shape index (κ2) is 10.5. The molecule has 0 unspecified atom stereocenters. The number of halogens is 1. The SMILES string of the molecule is CCc1ccc2c(C)c(C)c(C(=C3C(C)=C(C)c4ccc(CC)c[n+]43)c3ccc(N(C)C)cc3)n2c1.[I-]. The molecule has 5 rings (SSSR count). The van der Waals surface area contributed by atoms with Gasteiger partial charge in [0.1, 0.15) is 0 Å². The van der Waals surface area contributed by atoms with Gasteiger partial charge in [0.25, 0.3) is 0 Å². The lowest BCUT2D eigenvalue weighted by atomic mass is 9.94. The van der Waals surface area contributed by atoms with Crippen LogP contribution in [0.15, 0.2) is 66.5 Å². The Kier molecular flexibility index (Phi) is 7.70. The zero-order chi connectivity index (χ0) is 25.7. The summed E-state index contributed by atoms with van der Waals surface area (Å²) in [5.41, 5.74) is 17.0. The minimum Gasteiger partial charge on any atom is -1.00 e. The van der Waals surface area contributed by atoms with E-state index in [4.69, 9.17) is 0 Å². The lowest BCUT2D eigenvalue weighted by Gasteiger charge is -2.16. The Hall–Kier alpha value is -2.86. The Morgan fingerprint density at radius 1 is 0.784 bits per heavy atom. The fraction of sp³-hybridized carbons (Fsp3) is 0.303. The van der Waals surface area contributed by atoms with Gasteiger partial charge < -0.3 is 33.3 Å². The number of aryl methyl sites for hydroxylation is 3. The molecule has 4 heteroatoms. The average Bonchev–Trinajstić information content (AvgIpc) is 3.29. The number of rotatable bonds is 5. The Morgan fingerprint density at radius 2 is 1.43 bits per heavy atom. The maximum atomic E-state index is 2.44. The van der Waals surface area contributed by atoms with Gasteiger partial charge in [0.05, 0.1) is 11.3 Å². The molecule has 0 atom stereocenters. The van der Waals surface area contributed by atoms with E-state index in [0.29, 0.717) is 0 Å². The van der Waals surface area contributed by atoms with Crippen LogP contribution < -0.4 is 33.4 Å². The number of aromatic nitrogens is 2. The minimum absolute atomic E-state index is 0. The number of hydrogen-bond donors (Lipinski definition) is 0. The van der Waals surface area contributed by atoms with Gasteiger partial charge in [-0.15, -0.1) is 0 Å². The average molecular weight is 604 g/mol. The predicted octanol–water partition coefficient (Wildman–Crippen LogP) is 4.26. The van der Waals surface area contributed by atoms with Crippen molar-refractivity contribution >= 4 is 28.0 Å². The maximum Gasteiger partial charge on any atom is 0.224 e. The van der Waals surface area contributed by atoms with Crippen LogP contribution in [0.4, 0.5) is 5.69 Å². The molecule has 4 aromatic rings. The smallest absolute Gasteiger partial charge is 0.224 e. The van der Waals surface area contributed by atoms with Gasteiger partial charge in [-0.05, 0) is 87.1 Å². The van der Waals surface area contributed by atoms with E-state index in [1.54, 1.807) is 0 Å². The van der Waals surface area contributed by atoms with Crippen molar-refractivity contribution in [1.82, 2.24) is 4.40 Å². The Bertz CT molecular complexity index is 1550. The largest absolute Gasteiger partial charge is 1.00 e. The van der Waals surface area contributed by atoms with Crippen molar-refractivity contribution in [2.45, 2.75) is 54.4 Å². The van der Waals surface area contributed by atoms with Crippen molar-refractivity contribution in [2.24, 2.45) is 0 Å². The summed E-state index contributed by atoms with van der Waals surface area (Å²) in [5, 5.41) is 0. The zero-order valence-corrected chi connectivity index (χ0v) is 25.6. The van der Waals surface area contributed by atoms with Crippen LogP contribution in [0, 0.1) is 13.8 Å². The summed E-state index contributed by atoms with van der Waals surface area (Å²) in [6.07, 6.45) is 6.72. The van der Waals surface area contributed by atoms with E-state index in [-0.39, 0.29) is 24.0 Å². The van der Waals surface area contributed by atoms with Crippen LogP contribution in [0.2, 0.25) is 0 Å². The van der Waals surface area contributed by atoms with Crippen molar-refractivity contribution in [3.05, 3.63) is 106 Å². The summed E-state index contributed by atoms with van der Waals surface area (Å²) in [6, 6.07) is 18.2. The van der Waals surface area contributed by atoms with Crippen LogP contribution in [0.3, 0.4) is 0 Å². The molecule has 37 heavy (non-hydrogen) atoms. The second-order valence-corrected chi connectivity index (χ2v) is 10.3. The highest BCUT2D eigenvalue weighted by Gasteiger charge is 2.35. The van der Waals surface area contributed by atoms with E-state index in [9.17, 15) is 0 Å². The standard InChI is InChI=1S/C33H38N3.HI/c1-9-25-11-17-29-21(3)23(5)32(35(29)19-25)31(27-13-15-28(16-14-27)34(7)8)33-24(6)22(4)30-18-12-26(10-2)20-36(30)33;/h11-20H,9-10H2,1-8H3;1H/q+1;/p-1. The van der Waals surface area contributed by atoms with Crippen LogP contribution >= 0.6 is 0 Å². The zero-order valence-electron chi connectivity index (χ0n) is 23.4. The summed E-state index contributed by atoms with van der Waals surface area (Å²) in [5.74, 6) is 0. The molecule has 0 aliphatic carbocycles. The van der Waals surface area contributed by atoms with E-state index >= 15 is 0 Å². The summed E-state index contributed by atoms with van der Waals surface area (Å²) < 4.78 is 4.88. The molecule has 1 aliphatic rings. The molecule has 0 radical (unpaired) electrons. The molecule has 0 spiro atoms. The quantitative estimate of drug-likeness (QED) is 0.245. The van der Waals surface area contributed by atoms with Gasteiger partial charge >= 0.3 is 0 Å². The summed E-state index contributed by atoms with van der Waals surface area (Å²) >= 11 is 0. The second-order valence-electron chi connectivity index (χ2n) is 10.3. The first kappa shape index (κ1) is 27.2. The van der Waals surface area contributed by atoms with Crippen molar-refractivity contribution < 1.29 is 28.5 Å².